The Bertz CT molecular complexity index is 835. The van der Waals surface area contributed by atoms with Crippen molar-refractivity contribution in [3.63, 3.8) is 0 Å². The lowest BCUT2D eigenvalue weighted by Gasteiger charge is -2.38. The fourth-order valence-corrected chi connectivity index (χ4v) is 3.33. The number of nitrogens with two attached hydrogens (primary N) is 1. The smallest absolute Gasteiger partial charge is 0.321 e. The Kier molecular flexibility index (Phi) is 9.21. The van der Waals surface area contributed by atoms with E-state index in [9.17, 15) is 19.2 Å². The van der Waals surface area contributed by atoms with Gasteiger partial charge in [0.15, 0.2) is 0 Å². The van der Waals surface area contributed by atoms with Crippen LogP contribution < -0.4 is 21.7 Å². The van der Waals surface area contributed by atoms with Gasteiger partial charge in [0, 0.05) is 12.2 Å². The van der Waals surface area contributed by atoms with Crippen molar-refractivity contribution in [2.45, 2.75) is 44.8 Å². The number of aliphatic hydroxyl groups is 1. The number of aliphatic hydroxyl groups excluding tert-OH is 1. The molecule has 6 N–H and O–H groups in total. The maximum absolute atomic E-state index is 13.0. The molecule has 0 unspecified atom stereocenters. The zero-order chi connectivity index (χ0) is 23.6. The monoisotopic (exact) mass is 446 g/mol. The van der Waals surface area contributed by atoms with E-state index in [0.717, 1.165) is 0 Å². The molecule has 0 bridgehead atoms. The zero-order valence-electron chi connectivity index (χ0n) is 17.9. The Balaban J connectivity index is 2.09. The summed E-state index contributed by atoms with van der Waals surface area (Å²) in [5, 5.41) is 17.0. The van der Waals surface area contributed by atoms with Crippen molar-refractivity contribution in [2.75, 3.05) is 18.5 Å². The van der Waals surface area contributed by atoms with Gasteiger partial charge in [-0.05, 0) is 43.4 Å². The summed E-state index contributed by atoms with van der Waals surface area (Å²) in [5.74, 6) is -1.66. The molecule has 0 aromatic heterocycles. The van der Waals surface area contributed by atoms with Crippen LogP contribution in [-0.4, -0.2) is 48.1 Å². The number of carbonyl (C=O) groups excluding carboxylic acids is 4. The van der Waals surface area contributed by atoms with Gasteiger partial charge in [0.2, 0.25) is 11.8 Å². The third kappa shape index (κ3) is 6.55. The lowest BCUT2D eigenvalue weighted by Crippen LogP contribution is -2.56. The summed E-state index contributed by atoms with van der Waals surface area (Å²) in [6.45, 7) is 3.60. The second kappa shape index (κ2) is 11.8. The van der Waals surface area contributed by atoms with Crippen molar-refractivity contribution in [3.8, 4) is 0 Å². The first-order valence-electron chi connectivity index (χ1n) is 10.5. The predicted molar refractivity (Wildman–Crippen MR) is 117 cm³/mol. The number of nitrogens with one attached hydrogen (secondary N) is 3. The van der Waals surface area contributed by atoms with Crippen molar-refractivity contribution in [1.29, 1.82) is 0 Å². The van der Waals surface area contributed by atoms with Gasteiger partial charge < -0.3 is 31.5 Å². The van der Waals surface area contributed by atoms with Crippen LogP contribution in [0.5, 0.6) is 0 Å². The number of hydrogen-bond acceptors (Lipinski definition) is 6. The van der Waals surface area contributed by atoms with Crippen LogP contribution in [0, 0.1) is 5.41 Å². The predicted octanol–water partition coefficient (Wildman–Crippen LogP) is 0.950. The highest BCUT2D eigenvalue weighted by Crippen LogP contribution is 2.42. The molecule has 174 valence electrons. The van der Waals surface area contributed by atoms with Crippen molar-refractivity contribution in [3.05, 3.63) is 42.5 Å². The average molecular weight is 447 g/mol. The van der Waals surface area contributed by atoms with Gasteiger partial charge in [-0.3, -0.25) is 14.4 Å². The van der Waals surface area contributed by atoms with E-state index in [4.69, 9.17) is 15.6 Å². The van der Waals surface area contributed by atoms with Crippen molar-refractivity contribution in [1.82, 2.24) is 10.6 Å². The average Bonchev–Trinajstić information content (AvgIpc) is 2.73. The molecular weight excluding hydrogens is 416 g/mol. The molecule has 1 fully saturated rings. The summed E-state index contributed by atoms with van der Waals surface area (Å²) in [6.07, 6.45) is 3.40. The molecule has 1 aromatic rings. The SMILES string of the molecule is C=CCOC(=O)C1(C(=O)N[C@@H](CCCNC(N)=O)C(=O)Nc2ccc(CO)cc2)CCC1. The first-order chi connectivity index (χ1) is 15.3. The van der Waals surface area contributed by atoms with Crippen LogP contribution in [0.2, 0.25) is 0 Å². The number of carbonyl (C=O) groups is 4. The minimum Gasteiger partial charge on any atom is -0.461 e. The Morgan fingerprint density at radius 1 is 1.22 bits per heavy atom. The third-order valence-electron chi connectivity index (χ3n) is 5.36. The van der Waals surface area contributed by atoms with Crippen LogP contribution >= 0.6 is 0 Å². The van der Waals surface area contributed by atoms with E-state index >= 15 is 0 Å². The molecule has 1 aliphatic carbocycles. The molecule has 0 aliphatic heterocycles. The quantitative estimate of drug-likeness (QED) is 0.139. The minimum absolute atomic E-state index is 0.000397. The van der Waals surface area contributed by atoms with Gasteiger partial charge in [-0.1, -0.05) is 31.2 Å². The largest absolute Gasteiger partial charge is 0.461 e. The van der Waals surface area contributed by atoms with Crippen LogP contribution in [0.25, 0.3) is 0 Å². The molecule has 4 amide bonds. The molecule has 1 aliphatic rings. The van der Waals surface area contributed by atoms with Gasteiger partial charge >= 0.3 is 12.0 Å². The first-order valence-corrected chi connectivity index (χ1v) is 10.5. The minimum atomic E-state index is -1.31. The Hall–Kier alpha value is -3.40. The van der Waals surface area contributed by atoms with Crippen LogP contribution in [0.3, 0.4) is 0 Å². The molecule has 0 saturated heterocycles. The molecule has 10 nitrogen and oxygen atoms in total. The van der Waals surface area contributed by atoms with Gasteiger partial charge in [0.25, 0.3) is 0 Å². The second-order valence-electron chi connectivity index (χ2n) is 7.63. The number of amides is 4. The van der Waals surface area contributed by atoms with Gasteiger partial charge in [0.1, 0.15) is 18.1 Å². The van der Waals surface area contributed by atoms with Gasteiger partial charge in [-0.15, -0.1) is 0 Å². The van der Waals surface area contributed by atoms with Crippen molar-refractivity contribution in [2.24, 2.45) is 11.1 Å². The molecule has 10 heteroatoms. The molecule has 2 rings (SSSR count). The maximum Gasteiger partial charge on any atom is 0.321 e. The van der Waals surface area contributed by atoms with E-state index in [1.807, 2.05) is 0 Å². The third-order valence-corrected chi connectivity index (χ3v) is 5.36. The van der Waals surface area contributed by atoms with Crippen molar-refractivity contribution < 1.29 is 29.0 Å². The standard InChI is InChI=1S/C22H30N4O6/c1-2-13-32-20(30)22(10-4-11-22)19(29)26-17(5-3-12-24-21(23)31)18(28)25-16-8-6-15(14-27)7-9-16/h2,6-9,17,27H,1,3-5,10-14H2,(H,25,28)(H,26,29)(H3,23,24,31)/t17-/m0/s1. The topological polar surface area (TPSA) is 160 Å². The van der Waals surface area contributed by atoms with E-state index in [2.05, 4.69) is 22.5 Å². The highest BCUT2D eigenvalue weighted by Gasteiger charge is 2.52. The Labute approximate surface area is 186 Å². The van der Waals surface area contributed by atoms with E-state index in [1.165, 1.54) is 6.08 Å². The number of anilines is 1. The van der Waals surface area contributed by atoms with E-state index in [0.29, 0.717) is 36.9 Å². The van der Waals surface area contributed by atoms with Gasteiger partial charge in [-0.25, -0.2) is 4.79 Å². The number of ether oxygens (including phenoxy) is 1. The summed E-state index contributed by atoms with van der Waals surface area (Å²) in [7, 11) is 0. The molecule has 0 spiro atoms. The molecule has 1 atom stereocenters. The van der Waals surface area contributed by atoms with E-state index < -0.39 is 35.3 Å². The molecule has 1 aromatic carbocycles. The number of urea groups is 1. The molecule has 0 radical (unpaired) electrons. The van der Waals surface area contributed by atoms with Crippen LogP contribution in [0.15, 0.2) is 36.9 Å². The second-order valence-corrected chi connectivity index (χ2v) is 7.63. The molecular formula is C22H30N4O6. The van der Waals surface area contributed by atoms with Crippen LogP contribution in [0.1, 0.15) is 37.7 Å². The highest BCUT2D eigenvalue weighted by molar-refractivity contribution is 6.06. The summed E-state index contributed by atoms with van der Waals surface area (Å²) in [6, 6.07) is 4.98. The summed E-state index contributed by atoms with van der Waals surface area (Å²) < 4.78 is 5.10. The maximum atomic E-state index is 13.0. The lowest BCUT2D eigenvalue weighted by molar-refractivity contribution is -0.167. The highest BCUT2D eigenvalue weighted by atomic mass is 16.5. The summed E-state index contributed by atoms with van der Waals surface area (Å²) in [4.78, 5) is 49.2. The Morgan fingerprint density at radius 2 is 1.91 bits per heavy atom. The summed E-state index contributed by atoms with van der Waals surface area (Å²) >= 11 is 0. The fraction of sp³-hybridized carbons (Fsp3) is 0.455. The lowest BCUT2D eigenvalue weighted by atomic mass is 9.68. The van der Waals surface area contributed by atoms with Gasteiger partial charge in [-0.2, -0.15) is 0 Å². The van der Waals surface area contributed by atoms with Gasteiger partial charge in [0.05, 0.1) is 6.61 Å². The first kappa shape index (κ1) is 24.9. The molecule has 1 saturated carbocycles. The van der Waals surface area contributed by atoms with Crippen molar-refractivity contribution >= 4 is 29.5 Å². The zero-order valence-corrected chi connectivity index (χ0v) is 17.9. The number of esters is 1. The van der Waals surface area contributed by atoms with Crippen LogP contribution in [-0.2, 0) is 25.7 Å². The molecule has 32 heavy (non-hydrogen) atoms. The number of rotatable bonds is 12. The Morgan fingerprint density at radius 3 is 2.44 bits per heavy atom. The van der Waals surface area contributed by atoms with E-state index in [-0.39, 0.29) is 26.2 Å². The number of benzene rings is 1. The number of hydrogen-bond donors (Lipinski definition) is 5. The van der Waals surface area contributed by atoms with E-state index in [1.54, 1.807) is 24.3 Å². The fourth-order valence-electron chi connectivity index (χ4n) is 3.33. The number of primary amides is 1. The van der Waals surface area contributed by atoms with Crippen LogP contribution in [0.4, 0.5) is 10.5 Å². The summed E-state index contributed by atoms with van der Waals surface area (Å²) in [5.41, 5.74) is 4.93. The molecule has 0 heterocycles. The normalized spacial score (nSPS) is 14.9.